The number of rotatable bonds is 0. The van der Waals surface area contributed by atoms with Gasteiger partial charge in [0, 0.05) is 5.92 Å². The summed E-state index contributed by atoms with van der Waals surface area (Å²) in [5.41, 5.74) is 0. The Morgan fingerprint density at radius 2 is 2.12 bits per heavy atom. The van der Waals surface area contributed by atoms with Crippen LogP contribution in [-0.4, -0.2) is 23.9 Å². The van der Waals surface area contributed by atoms with Gasteiger partial charge in [0.25, 0.3) is 0 Å². The van der Waals surface area contributed by atoms with Crippen LogP contribution in [-0.2, 0) is 4.74 Å². The summed E-state index contributed by atoms with van der Waals surface area (Å²) in [5.74, 6) is 0.315. The van der Waals surface area contributed by atoms with Crippen LogP contribution >= 0.6 is 0 Å². The molecule has 0 aromatic heterocycles. The first-order valence-electron chi connectivity index (χ1n) is 3.01. The largest absolute Gasteiger partial charge is 0.390 e. The highest BCUT2D eigenvalue weighted by Crippen LogP contribution is 2.19. The monoisotopic (exact) mass is 116 g/mol. The van der Waals surface area contributed by atoms with Gasteiger partial charge in [-0.3, -0.25) is 0 Å². The number of hydrogen-bond donors (Lipinski definition) is 1. The van der Waals surface area contributed by atoms with Crippen molar-refractivity contribution in [3.63, 3.8) is 0 Å². The van der Waals surface area contributed by atoms with Gasteiger partial charge in [-0.1, -0.05) is 6.92 Å². The predicted octanol–water partition coefficient (Wildman–Crippen LogP) is 0.402. The molecule has 1 aliphatic rings. The first-order valence-corrected chi connectivity index (χ1v) is 3.01. The Morgan fingerprint density at radius 1 is 1.50 bits per heavy atom. The van der Waals surface area contributed by atoms with Gasteiger partial charge in [-0.25, -0.2) is 0 Å². The molecule has 0 aromatic carbocycles. The summed E-state index contributed by atoms with van der Waals surface area (Å²) in [7, 11) is 0. The van der Waals surface area contributed by atoms with Gasteiger partial charge in [-0.05, 0) is 6.92 Å². The molecular weight excluding hydrogens is 104 g/mol. The zero-order valence-corrected chi connectivity index (χ0v) is 5.29. The molecule has 1 fully saturated rings. The molecule has 0 spiro atoms. The topological polar surface area (TPSA) is 29.5 Å². The summed E-state index contributed by atoms with van der Waals surface area (Å²) in [6.45, 7) is 4.51. The van der Waals surface area contributed by atoms with Crippen LogP contribution < -0.4 is 0 Å². The maximum atomic E-state index is 9.04. The second kappa shape index (κ2) is 2.03. The fraction of sp³-hybridized carbons (Fsp3) is 1.00. The van der Waals surface area contributed by atoms with Crippen molar-refractivity contribution in [2.24, 2.45) is 5.92 Å². The lowest BCUT2D eigenvalue weighted by atomic mass is 10.0. The van der Waals surface area contributed by atoms with Crippen LogP contribution in [0.1, 0.15) is 13.8 Å². The molecule has 0 aliphatic carbocycles. The van der Waals surface area contributed by atoms with E-state index in [-0.39, 0.29) is 12.2 Å². The summed E-state index contributed by atoms with van der Waals surface area (Å²) in [6, 6.07) is 0. The average molecular weight is 116 g/mol. The Bertz CT molecular complexity index is 72.6. The maximum absolute atomic E-state index is 9.04. The van der Waals surface area contributed by atoms with E-state index in [1.165, 1.54) is 0 Å². The molecule has 0 bridgehead atoms. The maximum Gasteiger partial charge on any atom is 0.0823 e. The van der Waals surface area contributed by atoms with Crippen LogP contribution in [0.15, 0.2) is 0 Å². The third-order valence-electron chi connectivity index (χ3n) is 1.88. The van der Waals surface area contributed by atoms with E-state index in [1.807, 2.05) is 13.8 Å². The van der Waals surface area contributed by atoms with Crippen LogP contribution in [0, 0.1) is 5.92 Å². The lowest BCUT2D eigenvalue weighted by Gasteiger charge is -2.08. The smallest absolute Gasteiger partial charge is 0.0823 e. The van der Waals surface area contributed by atoms with Crippen molar-refractivity contribution in [3.05, 3.63) is 0 Å². The van der Waals surface area contributed by atoms with Crippen molar-refractivity contribution in [3.8, 4) is 0 Å². The molecule has 2 heteroatoms. The molecule has 3 atom stereocenters. The SMILES string of the molecule is CC1OCC(O)[C@H]1C. The lowest BCUT2D eigenvalue weighted by Crippen LogP contribution is -2.17. The fourth-order valence-electron chi connectivity index (χ4n) is 0.867. The summed E-state index contributed by atoms with van der Waals surface area (Å²) < 4.78 is 5.13. The van der Waals surface area contributed by atoms with Gasteiger partial charge >= 0.3 is 0 Å². The van der Waals surface area contributed by atoms with Crippen LogP contribution in [0.4, 0.5) is 0 Å². The third kappa shape index (κ3) is 0.858. The van der Waals surface area contributed by atoms with Gasteiger partial charge in [0.2, 0.25) is 0 Å². The predicted molar refractivity (Wildman–Crippen MR) is 30.6 cm³/mol. The molecule has 0 amide bonds. The standard InChI is InChI=1S/C6H12O2/c1-4-5(2)8-3-6(4)7/h4-7H,3H2,1-2H3/t4-,5?,6?/m0/s1. The highest BCUT2D eigenvalue weighted by atomic mass is 16.5. The highest BCUT2D eigenvalue weighted by Gasteiger charge is 2.28. The van der Waals surface area contributed by atoms with E-state index >= 15 is 0 Å². The van der Waals surface area contributed by atoms with Gasteiger partial charge in [-0.2, -0.15) is 0 Å². The molecule has 1 saturated heterocycles. The van der Waals surface area contributed by atoms with Gasteiger partial charge < -0.3 is 9.84 Å². The van der Waals surface area contributed by atoms with E-state index < -0.39 is 0 Å². The highest BCUT2D eigenvalue weighted by molar-refractivity contribution is 4.76. The zero-order valence-electron chi connectivity index (χ0n) is 5.29. The summed E-state index contributed by atoms with van der Waals surface area (Å²) >= 11 is 0. The lowest BCUT2D eigenvalue weighted by molar-refractivity contribution is 0.0966. The zero-order chi connectivity index (χ0) is 6.15. The quantitative estimate of drug-likeness (QED) is 0.496. The number of aliphatic hydroxyl groups excluding tert-OH is 1. The molecule has 2 nitrogen and oxygen atoms in total. The van der Waals surface area contributed by atoms with E-state index in [2.05, 4.69) is 0 Å². The summed E-state index contributed by atoms with van der Waals surface area (Å²) in [6.07, 6.45) is 0.00926. The Balaban J connectivity index is 2.44. The molecule has 0 radical (unpaired) electrons. The average Bonchev–Trinajstić information content (AvgIpc) is 1.98. The first-order chi connectivity index (χ1) is 3.72. The van der Waals surface area contributed by atoms with Gasteiger partial charge in [-0.15, -0.1) is 0 Å². The Labute approximate surface area is 49.5 Å². The van der Waals surface area contributed by atoms with Gasteiger partial charge in [0.15, 0.2) is 0 Å². The summed E-state index contributed by atoms with van der Waals surface area (Å²) in [4.78, 5) is 0. The van der Waals surface area contributed by atoms with E-state index in [0.717, 1.165) is 0 Å². The molecule has 0 saturated carbocycles. The second-order valence-corrected chi connectivity index (χ2v) is 2.46. The van der Waals surface area contributed by atoms with Crippen molar-refractivity contribution in [1.82, 2.24) is 0 Å². The van der Waals surface area contributed by atoms with Crippen molar-refractivity contribution < 1.29 is 9.84 Å². The second-order valence-electron chi connectivity index (χ2n) is 2.46. The molecule has 2 unspecified atom stereocenters. The number of ether oxygens (including phenoxy) is 1. The van der Waals surface area contributed by atoms with E-state index in [0.29, 0.717) is 12.5 Å². The van der Waals surface area contributed by atoms with Crippen LogP contribution in [0.25, 0.3) is 0 Å². The Hall–Kier alpha value is -0.0800. The first kappa shape index (κ1) is 6.05. The minimum Gasteiger partial charge on any atom is -0.390 e. The minimum absolute atomic E-state index is 0.231. The number of aliphatic hydroxyl groups is 1. The fourth-order valence-corrected chi connectivity index (χ4v) is 0.867. The molecule has 1 heterocycles. The molecular formula is C6H12O2. The van der Waals surface area contributed by atoms with Crippen molar-refractivity contribution in [2.45, 2.75) is 26.1 Å². The minimum atomic E-state index is -0.231. The molecule has 1 aliphatic heterocycles. The molecule has 1 rings (SSSR count). The van der Waals surface area contributed by atoms with Crippen LogP contribution in [0.2, 0.25) is 0 Å². The molecule has 8 heavy (non-hydrogen) atoms. The molecule has 0 aromatic rings. The van der Waals surface area contributed by atoms with Gasteiger partial charge in [0.1, 0.15) is 0 Å². The normalized spacial score (nSPS) is 47.6. The molecule has 48 valence electrons. The van der Waals surface area contributed by atoms with E-state index in [4.69, 9.17) is 9.84 Å². The Morgan fingerprint density at radius 3 is 2.25 bits per heavy atom. The van der Waals surface area contributed by atoms with Crippen LogP contribution in [0.5, 0.6) is 0 Å². The van der Waals surface area contributed by atoms with E-state index in [1.54, 1.807) is 0 Å². The number of hydrogen-bond acceptors (Lipinski definition) is 2. The third-order valence-corrected chi connectivity index (χ3v) is 1.88. The summed E-state index contributed by atoms with van der Waals surface area (Å²) in [5, 5.41) is 9.04. The Kier molecular flexibility index (Phi) is 1.54. The van der Waals surface area contributed by atoms with Crippen molar-refractivity contribution in [2.75, 3.05) is 6.61 Å². The van der Waals surface area contributed by atoms with Gasteiger partial charge in [0.05, 0.1) is 18.8 Å². The van der Waals surface area contributed by atoms with Crippen molar-refractivity contribution in [1.29, 1.82) is 0 Å². The van der Waals surface area contributed by atoms with Crippen LogP contribution in [0.3, 0.4) is 0 Å². The van der Waals surface area contributed by atoms with Crippen molar-refractivity contribution >= 4 is 0 Å². The molecule has 1 N–H and O–H groups in total. The van der Waals surface area contributed by atoms with E-state index in [9.17, 15) is 0 Å².